The Morgan fingerprint density at radius 3 is 2.83 bits per heavy atom. The molecule has 1 N–H and O–H groups in total. The molecule has 4 heteroatoms. The van der Waals surface area contributed by atoms with Crippen LogP contribution in [0.1, 0.15) is 38.5 Å². The van der Waals surface area contributed by atoms with Gasteiger partial charge in [0.2, 0.25) is 0 Å². The van der Waals surface area contributed by atoms with Crippen LogP contribution >= 0.6 is 0 Å². The van der Waals surface area contributed by atoms with Crippen molar-refractivity contribution in [3.8, 4) is 0 Å². The van der Waals surface area contributed by atoms with E-state index in [2.05, 4.69) is 10.2 Å². The second-order valence-electron chi connectivity index (χ2n) is 5.62. The summed E-state index contributed by atoms with van der Waals surface area (Å²) >= 11 is 0. The molecule has 1 saturated heterocycles. The molecule has 0 amide bonds. The Kier molecular flexibility index (Phi) is 5.45. The normalized spacial score (nSPS) is 24.2. The molecule has 2 aliphatic rings. The molecule has 0 spiro atoms. The summed E-state index contributed by atoms with van der Waals surface area (Å²) in [5, 5.41) is 3.48. The predicted molar refractivity (Wildman–Crippen MR) is 71.4 cm³/mol. The summed E-state index contributed by atoms with van der Waals surface area (Å²) < 4.78 is 4.69. The van der Waals surface area contributed by atoms with E-state index in [-0.39, 0.29) is 5.97 Å². The molecule has 0 bridgehead atoms. The maximum Gasteiger partial charge on any atom is 0.305 e. The number of hydrogen-bond donors (Lipinski definition) is 1. The van der Waals surface area contributed by atoms with E-state index in [9.17, 15) is 4.79 Å². The second kappa shape index (κ2) is 7.10. The van der Waals surface area contributed by atoms with Crippen molar-refractivity contribution in [2.24, 2.45) is 5.92 Å². The Hall–Kier alpha value is -0.610. The van der Waals surface area contributed by atoms with Crippen molar-refractivity contribution in [1.29, 1.82) is 0 Å². The predicted octanol–water partition coefficient (Wildman–Crippen LogP) is 1.40. The van der Waals surface area contributed by atoms with Crippen LogP contribution in [0.3, 0.4) is 0 Å². The van der Waals surface area contributed by atoms with Gasteiger partial charge in [0.05, 0.1) is 7.11 Å². The number of rotatable bonds is 7. The molecular formula is C14H26N2O2. The van der Waals surface area contributed by atoms with Gasteiger partial charge in [-0.2, -0.15) is 0 Å². The largest absolute Gasteiger partial charge is 0.469 e. The molecule has 1 unspecified atom stereocenters. The van der Waals surface area contributed by atoms with Crippen LogP contribution < -0.4 is 5.32 Å². The second-order valence-corrected chi connectivity index (χ2v) is 5.62. The van der Waals surface area contributed by atoms with E-state index >= 15 is 0 Å². The van der Waals surface area contributed by atoms with Gasteiger partial charge in [-0.15, -0.1) is 0 Å². The Morgan fingerprint density at radius 2 is 2.22 bits per heavy atom. The van der Waals surface area contributed by atoms with E-state index in [4.69, 9.17) is 4.74 Å². The molecule has 2 fully saturated rings. The fraction of sp³-hybridized carbons (Fsp3) is 0.929. The van der Waals surface area contributed by atoms with Crippen LogP contribution in [0.4, 0.5) is 0 Å². The summed E-state index contributed by atoms with van der Waals surface area (Å²) in [4.78, 5) is 13.7. The number of piperidine rings is 1. The molecule has 18 heavy (non-hydrogen) atoms. The Labute approximate surface area is 110 Å². The van der Waals surface area contributed by atoms with Crippen molar-refractivity contribution in [1.82, 2.24) is 10.2 Å². The SMILES string of the molecule is COC(=O)CCCN(CC1CCCNC1)C1CC1. The van der Waals surface area contributed by atoms with Gasteiger partial charge in [-0.05, 0) is 57.7 Å². The number of hydrogen-bond acceptors (Lipinski definition) is 4. The molecule has 1 saturated carbocycles. The monoisotopic (exact) mass is 254 g/mol. The van der Waals surface area contributed by atoms with Crippen molar-refractivity contribution in [2.45, 2.75) is 44.6 Å². The zero-order chi connectivity index (χ0) is 12.8. The van der Waals surface area contributed by atoms with E-state index in [1.807, 2.05) is 0 Å². The van der Waals surface area contributed by atoms with E-state index < -0.39 is 0 Å². The van der Waals surface area contributed by atoms with Gasteiger partial charge >= 0.3 is 5.97 Å². The highest BCUT2D eigenvalue weighted by molar-refractivity contribution is 5.69. The first-order valence-corrected chi connectivity index (χ1v) is 7.31. The summed E-state index contributed by atoms with van der Waals surface area (Å²) in [6.07, 6.45) is 6.85. The summed E-state index contributed by atoms with van der Waals surface area (Å²) in [5.41, 5.74) is 0. The van der Waals surface area contributed by atoms with Gasteiger partial charge in [0.25, 0.3) is 0 Å². The van der Waals surface area contributed by atoms with E-state index in [1.54, 1.807) is 0 Å². The minimum Gasteiger partial charge on any atom is -0.469 e. The molecule has 0 aromatic rings. The topological polar surface area (TPSA) is 41.6 Å². The summed E-state index contributed by atoms with van der Waals surface area (Å²) in [6.45, 7) is 4.61. The minimum atomic E-state index is -0.0786. The molecule has 2 rings (SSSR count). The Morgan fingerprint density at radius 1 is 1.39 bits per heavy atom. The molecule has 1 heterocycles. The Bertz CT molecular complexity index is 261. The zero-order valence-corrected chi connectivity index (χ0v) is 11.5. The van der Waals surface area contributed by atoms with Gasteiger partial charge in [-0.25, -0.2) is 0 Å². The lowest BCUT2D eigenvalue weighted by atomic mass is 9.99. The number of nitrogens with zero attached hydrogens (tertiary/aromatic N) is 1. The van der Waals surface area contributed by atoms with Crippen LogP contribution in [0.15, 0.2) is 0 Å². The average molecular weight is 254 g/mol. The lowest BCUT2D eigenvalue weighted by molar-refractivity contribution is -0.140. The van der Waals surface area contributed by atoms with Crippen molar-refractivity contribution in [3.63, 3.8) is 0 Å². The lowest BCUT2D eigenvalue weighted by Crippen LogP contribution is -2.39. The highest BCUT2D eigenvalue weighted by atomic mass is 16.5. The van der Waals surface area contributed by atoms with E-state index in [0.717, 1.165) is 24.9 Å². The molecule has 1 aliphatic carbocycles. The fourth-order valence-electron chi connectivity index (χ4n) is 2.80. The van der Waals surface area contributed by atoms with Crippen LogP contribution in [0.25, 0.3) is 0 Å². The lowest BCUT2D eigenvalue weighted by Gasteiger charge is -2.30. The van der Waals surface area contributed by atoms with Gasteiger partial charge in [0.1, 0.15) is 0 Å². The molecule has 1 atom stereocenters. The maximum atomic E-state index is 11.1. The third-order valence-electron chi connectivity index (χ3n) is 4.01. The van der Waals surface area contributed by atoms with Crippen molar-refractivity contribution < 1.29 is 9.53 Å². The molecule has 0 aromatic carbocycles. The van der Waals surface area contributed by atoms with Gasteiger partial charge in [0.15, 0.2) is 0 Å². The third kappa shape index (κ3) is 4.58. The number of ether oxygens (including phenoxy) is 1. The first kappa shape index (κ1) is 13.8. The van der Waals surface area contributed by atoms with Crippen molar-refractivity contribution in [2.75, 3.05) is 33.3 Å². The van der Waals surface area contributed by atoms with Crippen LogP contribution in [0.5, 0.6) is 0 Å². The van der Waals surface area contributed by atoms with Crippen LogP contribution in [0, 0.1) is 5.92 Å². The highest BCUT2D eigenvalue weighted by Crippen LogP contribution is 2.28. The van der Waals surface area contributed by atoms with Gasteiger partial charge in [-0.3, -0.25) is 4.79 Å². The first-order valence-electron chi connectivity index (χ1n) is 7.31. The van der Waals surface area contributed by atoms with Gasteiger partial charge < -0.3 is 15.0 Å². The molecule has 104 valence electrons. The van der Waals surface area contributed by atoms with E-state index in [0.29, 0.717) is 6.42 Å². The summed E-state index contributed by atoms with van der Waals surface area (Å²) in [5.74, 6) is 0.725. The van der Waals surface area contributed by atoms with E-state index in [1.165, 1.54) is 52.4 Å². The summed E-state index contributed by atoms with van der Waals surface area (Å²) in [7, 11) is 1.47. The molecule has 4 nitrogen and oxygen atoms in total. The number of esters is 1. The van der Waals surface area contributed by atoms with Gasteiger partial charge in [-0.1, -0.05) is 0 Å². The van der Waals surface area contributed by atoms with Crippen LogP contribution in [0.2, 0.25) is 0 Å². The van der Waals surface area contributed by atoms with Crippen LogP contribution in [-0.4, -0.2) is 50.2 Å². The third-order valence-corrected chi connectivity index (χ3v) is 4.01. The summed E-state index contributed by atoms with van der Waals surface area (Å²) in [6, 6.07) is 0.796. The molecule has 0 aromatic heterocycles. The number of nitrogens with one attached hydrogen (secondary N) is 1. The Balaban J connectivity index is 1.68. The standard InChI is InChI=1S/C14H26N2O2/c1-18-14(17)5-3-9-16(13-6-7-13)11-12-4-2-8-15-10-12/h12-13,15H,2-11H2,1H3. The smallest absolute Gasteiger partial charge is 0.305 e. The highest BCUT2D eigenvalue weighted by Gasteiger charge is 2.30. The van der Waals surface area contributed by atoms with Gasteiger partial charge in [0, 0.05) is 19.0 Å². The minimum absolute atomic E-state index is 0.0786. The van der Waals surface area contributed by atoms with Crippen molar-refractivity contribution in [3.05, 3.63) is 0 Å². The first-order chi connectivity index (χ1) is 8.79. The molecular weight excluding hydrogens is 228 g/mol. The number of methoxy groups -OCH3 is 1. The number of carbonyl (C=O) groups excluding carboxylic acids is 1. The quantitative estimate of drug-likeness (QED) is 0.697. The maximum absolute atomic E-state index is 11.1. The fourth-order valence-corrected chi connectivity index (χ4v) is 2.80. The molecule has 1 aliphatic heterocycles. The van der Waals surface area contributed by atoms with Crippen molar-refractivity contribution >= 4 is 5.97 Å². The molecule has 0 radical (unpaired) electrons. The zero-order valence-electron chi connectivity index (χ0n) is 11.5. The number of carbonyl (C=O) groups is 1. The van der Waals surface area contributed by atoms with Crippen LogP contribution in [-0.2, 0) is 9.53 Å². The average Bonchev–Trinajstić information content (AvgIpc) is 3.23.